The fourth-order valence-corrected chi connectivity index (χ4v) is 3.10. The molecule has 0 aliphatic rings. The molecule has 0 bridgehead atoms. The minimum atomic E-state index is -0.100. The van der Waals surface area contributed by atoms with Gasteiger partial charge < -0.3 is 9.73 Å². The summed E-state index contributed by atoms with van der Waals surface area (Å²) >= 11 is 7.10. The molecule has 0 saturated carbocycles. The van der Waals surface area contributed by atoms with Gasteiger partial charge in [0.05, 0.1) is 18.2 Å². The Kier molecular flexibility index (Phi) is 6.30. The molecule has 0 unspecified atom stereocenters. The van der Waals surface area contributed by atoms with Crippen LogP contribution in [0.25, 0.3) is 0 Å². The van der Waals surface area contributed by atoms with Crippen LogP contribution in [0.4, 0.5) is 0 Å². The van der Waals surface area contributed by atoms with Gasteiger partial charge in [0.2, 0.25) is 11.8 Å². The Bertz CT molecular complexity index is 853. The van der Waals surface area contributed by atoms with Crippen molar-refractivity contribution in [3.63, 3.8) is 0 Å². The number of carbonyl (C=O) groups is 1. The van der Waals surface area contributed by atoms with Crippen LogP contribution in [-0.2, 0) is 11.2 Å². The predicted molar refractivity (Wildman–Crippen MR) is 102 cm³/mol. The van der Waals surface area contributed by atoms with Gasteiger partial charge in [0.1, 0.15) is 0 Å². The number of nitrogens with zero attached hydrogens (tertiary/aromatic N) is 2. The van der Waals surface area contributed by atoms with E-state index in [0.29, 0.717) is 22.6 Å². The Hall–Kier alpha value is -2.31. The van der Waals surface area contributed by atoms with E-state index in [0.717, 1.165) is 11.1 Å². The third kappa shape index (κ3) is 5.34. The van der Waals surface area contributed by atoms with Crippen molar-refractivity contribution < 1.29 is 9.21 Å². The maximum Gasteiger partial charge on any atom is 0.277 e. The van der Waals surface area contributed by atoms with Crippen LogP contribution in [0.15, 0.2) is 64.2 Å². The highest BCUT2D eigenvalue weighted by Crippen LogP contribution is 2.19. The van der Waals surface area contributed by atoms with Crippen LogP contribution in [0.2, 0.25) is 5.02 Å². The smallest absolute Gasteiger partial charge is 0.277 e. The lowest BCUT2D eigenvalue weighted by Gasteiger charge is -2.13. The molecule has 5 nitrogen and oxygen atoms in total. The average molecular weight is 388 g/mol. The highest BCUT2D eigenvalue weighted by molar-refractivity contribution is 7.99. The van der Waals surface area contributed by atoms with E-state index < -0.39 is 0 Å². The van der Waals surface area contributed by atoms with Crippen LogP contribution in [0, 0.1) is 0 Å². The van der Waals surface area contributed by atoms with Crippen LogP contribution in [0.1, 0.15) is 30.0 Å². The van der Waals surface area contributed by atoms with Crippen LogP contribution in [0.5, 0.6) is 0 Å². The van der Waals surface area contributed by atoms with Crippen molar-refractivity contribution in [2.24, 2.45) is 0 Å². The number of amides is 1. The molecule has 7 heteroatoms. The van der Waals surface area contributed by atoms with E-state index in [1.54, 1.807) is 12.1 Å². The summed E-state index contributed by atoms with van der Waals surface area (Å²) in [5, 5.41) is 12.0. The van der Waals surface area contributed by atoms with Crippen LogP contribution in [0.3, 0.4) is 0 Å². The molecule has 0 aliphatic carbocycles. The second-order valence-electron chi connectivity index (χ2n) is 5.75. The molecule has 3 aromatic rings. The largest absolute Gasteiger partial charge is 0.416 e. The van der Waals surface area contributed by atoms with Gasteiger partial charge in [-0.05, 0) is 30.2 Å². The number of rotatable bonds is 7. The van der Waals surface area contributed by atoms with Gasteiger partial charge in [-0.15, -0.1) is 10.2 Å². The van der Waals surface area contributed by atoms with E-state index in [1.165, 1.54) is 11.8 Å². The first kappa shape index (κ1) is 18.5. The van der Waals surface area contributed by atoms with Crippen molar-refractivity contribution in [1.29, 1.82) is 0 Å². The normalized spacial score (nSPS) is 11.9. The third-order valence-corrected chi connectivity index (χ3v) is 4.79. The number of hydrogen-bond acceptors (Lipinski definition) is 5. The van der Waals surface area contributed by atoms with E-state index in [-0.39, 0.29) is 17.7 Å². The summed E-state index contributed by atoms with van der Waals surface area (Å²) < 4.78 is 5.59. The molecule has 0 spiro atoms. The van der Waals surface area contributed by atoms with Gasteiger partial charge in [-0.3, -0.25) is 4.79 Å². The molecule has 0 fully saturated rings. The van der Waals surface area contributed by atoms with Crippen molar-refractivity contribution in [2.75, 3.05) is 5.75 Å². The summed E-state index contributed by atoms with van der Waals surface area (Å²) in [6.07, 6.45) is 0.578. The fourth-order valence-electron chi connectivity index (χ4n) is 2.38. The van der Waals surface area contributed by atoms with Gasteiger partial charge >= 0.3 is 0 Å². The zero-order chi connectivity index (χ0) is 18.4. The number of halogens is 1. The topological polar surface area (TPSA) is 68.0 Å². The van der Waals surface area contributed by atoms with E-state index in [1.807, 2.05) is 49.4 Å². The molecule has 0 aliphatic heterocycles. The minimum absolute atomic E-state index is 0.0970. The molecular weight excluding hydrogens is 370 g/mol. The number of carbonyl (C=O) groups excluding carboxylic acids is 1. The van der Waals surface area contributed by atoms with E-state index in [9.17, 15) is 4.79 Å². The zero-order valence-electron chi connectivity index (χ0n) is 14.2. The molecule has 26 heavy (non-hydrogen) atoms. The van der Waals surface area contributed by atoms with Gasteiger partial charge in [-0.1, -0.05) is 65.8 Å². The lowest BCUT2D eigenvalue weighted by Crippen LogP contribution is -2.28. The molecule has 0 radical (unpaired) electrons. The maximum absolute atomic E-state index is 12.1. The number of hydrogen-bond donors (Lipinski definition) is 1. The van der Waals surface area contributed by atoms with E-state index in [2.05, 4.69) is 15.5 Å². The van der Waals surface area contributed by atoms with Crippen molar-refractivity contribution in [2.45, 2.75) is 24.6 Å². The second-order valence-corrected chi connectivity index (χ2v) is 7.12. The maximum atomic E-state index is 12.1. The third-order valence-electron chi connectivity index (χ3n) is 3.72. The number of aromatic nitrogens is 2. The number of nitrogens with one attached hydrogen (secondary N) is 1. The van der Waals surface area contributed by atoms with E-state index >= 15 is 0 Å². The van der Waals surface area contributed by atoms with Crippen LogP contribution >= 0.6 is 23.4 Å². The first-order valence-corrected chi connectivity index (χ1v) is 9.50. The molecule has 2 aromatic carbocycles. The highest BCUT2D eigenvalue weighted by atomic mass is 35.5. The van der Waals surface area contributed by atoms with Crippen molar-refractivity contribution in [3.8, 4) is 0 Å². The predicted octanol–water partition coefficient (Wildman–Crippen LogP) is 4.28. The molecule has 1 atom stereocenters. The van der Waals surface area contributed by atoms with Crippen molar-refractivity contribution in [1.82, 2.24) is 15.5 Å². The lowest BCUT2D eigenvalue weighted by molar-refractivity contribution is -0.119. The quantitative estimate of drug-likeness (QED) is 0.613. The first-order chi connectivity index (χ1) is 12.6. The summed E-state index contributed by atoms with van der Waals surface area (Å²) in [6, 6.07) is 17.2. The molecule has 1 heterocycles. The molecule has 1 aromatic heterocycles. The van der Waals surface area contributed by atoms with Gasteiger partial charge in [-0.2, -0.15) is 0 Å². The molecule has 1 amide bonds. The molecule has 3 rings (SSSR count). The first-order valence-electron chi connectivity index (χ1n) is 8.14. The SMILES string of the molecule is C[C@H](NC(=O)CSc1nnc(Cc2ccccc2)o1)c1ccc(Cl)cc1. The average Bonchev–Trinajstić information content (AvgIpc) is 3.09. The Morgan fingerprint density at radius 3 is 2.62 bits per heavy atom. The Morgan fingerprint density at radius 2 is 1.88 bits per heavy atom. The summed E-state index contributed by atoms with van der Waals surface area (Å²) in [5.41, 5.74) is 2.10. The molecular formula is C19H18ClN3O2S. The highest BCUT2D eigenvalue weighted by Gasteiger charge is 2.13. The Balaban J connectivity index is 1.48. The van der Waals surface area contributed by atoms with Gasteiger partial charge in [0.15, 0.2) is 0 Å². The number of thioether (sulfide) groups is 1. The molecule has 0 saturated heterocycles. The van der Waals surface area contributed by atoms with Crippen molar-refractivity contribution >= 4 is 29.3 Å². The standard InChI is InChI=1S/C19H18ClN3O2S/c1-13(15-7-9-16(20)10-8-15)21-17(24)12-26-19-23-22-18(25-19)11-14-5-3-2-4-6-14/h2-10,13H,11-12H2,1H3,(H,21,24)/t13-/m0/s1. The van der Waals surface area contributed by atoms with Crippen LogP contribution < -0.4 is 5.32 Å². The summed E-state index contributed by atoms with van der Waals surface area (Å²) in [5.74, 6) is 0.652. The van der Waals surface area contributed by atoms with Gasteiger partial charge in [0.25, 0.3) is 5.22 Å². The summed E-state index contributed by atoms with van der Waals surface area (Å²) in [4.78, 5) is 12.1. The Labute approximate surface area is 161 Å². The van der Waals surface area contributed by atoms with Crippen molar-refractivity contribution in [3.05, 3.63) is 76.6 Å². The van der Waals surface area contributed by atoms with Gasteiger partial charge in [-0.25, -0.2) is 0 Å². The number of benzene rings is 2. The minimum Gasteiger partial charge on any atom is -0.416 e. The monoisotopic (exact) mass is 387 g/mol. The lowest BCUT2D eigenvalue weighted by atomic mass is 10.1. The molecule has 1 N–H and O–H groups in total. The van der Waals surface area contributed by atoms with E-state index in [4.69, 9.17) is 16.0 Å². The fraction of sp³-hybridized carbons (Fsp3) is 0.211. The second kappa shape index (κ2) is 8.87. The summed E-state index contributed by atoms with van der Waals surface area (Å²) in [6.45, 7) is 1.93. The molecule has 134 valence electrons. The van der Waals surface area contributed by atoms with Crippen LogP contribution in [-0.4, -0.2) is 21.9 Å². The Morgan fingerprint density at radius 1 is 1.15 bits per heavy atom. The summed E-state index contributed by atoms with van der Waals surface area (Å²) in [7, 11) is 0. The zero-order valence-corrected chi connectivity index (χ0v) is 15.8. The van der Waals surface area contributed by atoms with Gasteiger partial charge in [0, 0.05) is 5.02 Å².